The maximum absolute atomic E-state index is 4.19. The highest BCUT2D eigenvalue weighted by Crippen LogP contribution is 2.49. The molecule has 0 bridgehead atoms. The van der Waals surface area contributed by atoms with Gasteiger partial charge in [0.05, 0.1) is 0 Å². The monoisotopic (exact) mass is 471 g/mol. The molecule has 2 aromatic carbocycles. The van der Waals surface area contributed by atoms with E-state index in [1.807, 2.05) is 12.4 Å². The summed E-state index contributed by atoms with van der Waals surface area (Å²) in [6.07, 6.45) is 12.3. The van der Waals surface area contributed by atoms with Crippen molar-refractivity contribution in [2.24, 2.45) is 0 Å². The summed E-state index contributed by atoms with van der Waals surface area (Å²) >= 11 is 0. The number of nitrogens with zero attached hydrogens (tertiary/aromatic N) is 2. The molecule has 0 unspecified atom stereocenters. The zero-order chi connectivity index (χ0) is 22.1. The van der Waals surface area contributed by atoms with Gasteiger partial charge in [0, 0.05) is 47.6 Å². The van der Waals surface area contributed by atoms with Crippen LogP contribution in [0.3, 0.4) is 0 Å². The lowest BCUT2D eigenvalue weighted by Crippen LogP contribution is -2.54. The predicted molar refractivity (Wildman–Crippen MR) is 143 cm³/mol. The van der Waals surface area contributed by atoms with Crippen LogP contribution in [-0.2, 0) is 18.4 Å². The Morgan fingerprint density at radius 3 is 2.26 bits per heavy atom. The van der Waals surface area contributed by atoms with E-state index < -0.39 is 0 Å². The molecule has 2 aromatic heterocycles. The highest BCUT2D eigenvalue weighted by molar-refractivity contribution is 5.85. The van der Waals surface area contributed by atoms with Gasteiger partial charge in [0.25, 0.3) is 0 Å². The quantitative estimate of drug-likeness (QED) is 0.327. The van der Waals surface area contributed by atoms with Crippen LogP contribution < -0.4 is 0 Å². The van der Waals surface area contributed by atoms with E-state index in [9.17, 15) is 0 Å². The molecule has 4 heteroatoms. The second kappa shape index (κ2) is 9.93. The Labute approximate surface area is 209 Å². The van der Waals surface area contributed by atoms with Gasteiger partial charge >= 0.3 is 0 Å². The molecule has 1 saturated carbocycles. The third-order valence-corrected chi connectivity index (χ3v) is 8.25. The number of hydrogen-bond donors (Lipinski definition) is 1. The number of aryl methyl sites for hydroxylation is 2. The minimum absolute atomic E-state index is 0. The molecule has 0 atom stereocenters. The largest absolute Gasteiger partial charge is 0.358 e. The Hall–Kier alpha value is -2.62. The van der Waals surface area contributed by atoms with Crippen LogP contribution in [0.1, 0.15) is 60.4 Å². The molecule has 1 saturated heterocycles. The highest BCUT2D eigenvalue weighted by Gasteiger charge is 2.44. The number of aromatic nitrogens is 2. The van der Waals surface area contributed by atoms with E-state index in [-0.39, 0.29) is 17.9 Å². The Morgan fingerprint density at radius 1 is 0.853 bits per heavy atom. The maximum atomic E-state index is 4.19. The Morgan fingerprint density at radius 2 is 1.56 bits per heavy atom. The van der Waals surface area contributed by atoms with E-state index in [1.54, 1.807) is 0 Å². The fourth-order valence-corrected chi connectivity index (χ4v) is 6.32. The molecule has 1 aliphatic heterocycles. The summed E-state index contributed by atoms with van der Waals surface area (Å²) in [6.45, 7) is 2.51. The molecular weight excluding hydrogens is 438 g/mol. The van der Waals surface area contributed by atoms with Gasteiger partial charge in [0.15, 0.2) is 0 Å². The molecule has 2 fully saturated rings. The molecule has 176 valence electrons. The fraction of sp³-hybridized carbons (Fsp3) is 0.367. The summed E-state index contributed by atoms with van der Waals surface area (Å²) in [6, 6.07) is 24.5. The molecule has 3 nitrogen and oxygen atoms in total. The fourth-order valence-electron chi connectivity index (χ4n) is 6.32. The third-order valence-electron chi connectivity index (χ3n) is 8.25. The Kier molecular flexibility index (Phi) is 6.76. The summed E-state index contributed by atoms with van der Waals surface area (Å²) in [7, 11) is 0. The van der Waals surface area contributed by atoms with Crippen molar-refractivity contribution in [1.29, 1.82) is 0 Å². The highest BCUT2D eigenvalue weighted by atomic mass is 35.5. The van der Waals surface area contributed by atoms with E-state index in [2.05, 4.69) is 81.6 Å². The number of H-pyrrole nitrogens is 1. The topological polar surface area (TPSA) is 31.9 Å². The number of fused-ring (bicyclic) bond motifs is 1. The van der Waals surface area contributed by atoms with Gasteiger partial charge in [-0.25, -0.2) is 0 Å². The summed E-state index contributed by atoms with van der Waals surface area (Å²) in [5.41, 5.74) is 7.45. The van der Waals surface area contributed by atoms with Crippen molar-refractivity contribution in [1.82, 2.24) is 14.9 Å². The molecule has 0 radical (unpaired) electrons. The van der Waals surface area contributed by atoms with E-state index in [1.165, 1.54) is 78.5 Å². The first-order chi connectivity index (χ1) is 16.3. The summed E-state index contributed by atoms with van der Waals surface area (Å²) < 4.78 is 0. The molecule has 6 rings (SSSR count). The van der Waals surface area contributed by atoms with Crippen LogP contribution in [-0.4, -0.2) is 28.0 Å². The molecule has 4 aromatic rings. The zero-order valence-electron chi connectivity index (χ0n) is 19.7. The number of likely N-dealkylation sites (tertiary alicyclic amines) is 1. The summed E-state index contributed by atoms with van der Waals surface area (Å²) in [4.78, 5) is 10.8. The van der Waals surface area contributed by atoms with Gasteiger partial charge in [-0.15, -0.1) is 12.4 Å². The number of halogens is 1. The second-order valence-corrected chi connectivity index (χ2v) is 9.93. The predicted octanol–water partition coefficient (Wildman–Crippen LogP) is 7.03. The van der Waals surface area contributed by atoms with Crippen LogP contribution >= 0.6 is 12.4 Å². The first-order valence-corrected chi connectivity index (χ1v) is 12.6. The summed E-state index contributed by atoms with van der Waals surface area (Å²) in [5, 5.41) is 1.41. The average molecular weight is 472 g/mol. The van der Waals surface area contributed by atoms with E-state index in [0.29, 0.717) is 5.92 Å². The molecular formula is C30H34ClN3. The molecule has 3 heterocycles. The Bertz CT molecular complexity index is 1210. The third kappa shape index (κ3) is 4.16. The van der Waals surface area contributed by atoms with Gasteiger partial charge in [-0.3, -0.25) is 9.88 Å². The van der Waals surface area contributed by atoms with Gasteiger partial charge in [0.2, 0.25) is 0 Å². The number of benzene rings is 2. The zero-order valence-corrected chi connectivity index (χ0v) is 20.6. The van der Waals surface area contributed by atoms with E-state index in [0.717, 1.165) is 12.8 Å². The van der Waals surface area contributed by atoms with Gasteiger partial charge in [-0.1, -0.05) is 48.5 Å². The first-order valence-electron chi connectivity index (χ1n) is 12.6. The van der Waals surface area contributed by atoms with Gasteiger partial charge in [0.1, 0.15) is 0 Å². The second-order valence-electron chi connectivity index (χ2n) is 9.93. The van der Waals surface area contributed by atoms with Gasteiger partial charge < -0.3 is 4.98 Å². The number of nitrogens with one attached hydrogen (secondary N) is 1. The number of hydrogen-bond acceptors (Lipinski definition) is 2. The van der Waals surface area contributed by atoms with Crippen molar-refractivity contribution < 1.29 is 0 Å². The molecule has 0 spiro atoms. The van der Waals surface area contributed by atoms with Crippen LogP contribution in [0.15, 0.2) is 79.1 Å². The first kappa shape index (κ1) is 23.1. The van der Waals surface area contributed by atoms with Crippen LogP contribution in [0, 0.1) is 0 Å². The summed E-state index contributed by atoms with van der Waals surface area (Å²) in [5.74, 6) is 0.614. The number of rotatable bonds is 6. The number of pyridine rings is 1. The smallest absolute Gasteiger partial charge is 0.0461 e. The normalized spacial score (nSPS) is 22.8. The van der Waals surface area contributed by atoms with Crippen molar-refractivity contribution >= 4 is 23.3 Å². The lowest BCUT2D eigenvalue weighted by atomic mass is 9.69. The minimum atomic E-state index is 0. The van der Waals surface area contributed by atoms with Crippen molar-refractivity contribution in [2.75, 3.05) is 13.1 Å². The van der Waals surface area contributed by atoms with Gasteiger partial charge in [-0.2, -0.15) is 0 Å². The standard InChI is InChI=1S/C30H33N3.ClH/c1-2-7-25(8-3-1)30(33-21-6-22-33)17-13-24(14-18-30)29-27(12-11-23-15-19-31-20-16-23)26-9-4-5-10-28(26)32-29;/h1-5,7-10,15-16,19-20,24,32H,6,11-14,17-18,21-22H2;1H. The van der Waals surface area contributed by atoms with Crippen molar-refractivity contribution in [3.8, 4) is 0 Å². The van der Waals surface area contributed by atoms with Crippen LogP contribution in [0.4, 0.5) is 0 Å². The van der Waals surface area contributed by atoms with Crippen molar-refractivity contribution in [3.05, 3.63) is 102 Å². The molecule has 1 N–H and O–H groups in total. The molecule has 34 heavy (non-hydrogen) atoms. The van der Waals surface area contributed by atoms with E-state index in [4.69, 9.17) is 0 Å². The maximum Gasteiger partial charge on any atom is 0.0461 e. The van der Waals surface area contributed by atoms with Crippen molar-refractivity contribution in [3.63, 3.8) is 0 Å². The van der Waals surface area contributed by atoms with Crippen LogP contribution in [0.25, 0.3) is 10.9 Å². The number of para-hydroxylation sites is 1. The lowest BCUT2D eigenvalue weighted by Gasteiger charge is -2.52. The molecule has 2 aliphatic rings. The minimum Gasteiger partial charge on any atom is -0.358 e. The SMILES string of the molecule is Cl.c1ccc(C2(N3CCC3)CCC(c3[nH]c4ccccc4c3CCc3ccncc3)CC2)cc1. The van der Waals surface area contributed by atoms with Gasteiger partial charge in [-0.05, 0) is 85.8 Å². The molecule has 0 amide bonds. The average Bonchev–Trinajstić information content (AvgIpc) is 3.22. The molecule has 1 aliphatic carbocycles. The van der Waals surface area contributed by atoms with Crippen LogP contribution in [0.5, 0.6) is 0 Å². The Balaban J connectivity index is 0.00000241. The lowest BCUT2D eigenvalue weighted by molar-refractivity contribution is -0.00688. The van der Waals surface area contributed by atoms with Crippen LogP contribution in [0.2, 0.25) is 0 Å². The van der Waals surface area contributed by atoms with E-state index >= 15 is 0 Å². The van der Waals surface area contributed by atoms with Crippen molar-refractivity contribution in [2.45, 2.75) is 56.4 Å². The number of aromatic amines is 1.